The Labute approximate surface area is 101 Å². The number of aromatic nitrogens is 2. The summed E-state index contributed by atoms with van der Waals surface area (Å²) in [6, 6.07) is 4.08. The molecule has 2 aromatic rings. The maximum Gasteiger partial charge on any atom is 0.105 e. The second kappa shape index (κ2) is 3.62. The zero-order valence-corrected chi connectivity index (χ0v) is 11.0. The highest BCUT2D eigenvalue weighted by Crippen LogP contribution is 2.23. The summed E-state index contributed by atoms with van der Waals surface area (Å²) in [4.78, 5) is 0. The molecule has 0 aliphatic heterocycles. The Kier molecular flexibility index (Phi) is 2.70. The molecule has 62 valence electrons. The van der Waals surface area contributed by atoms with Gasteiger partial charge in [0.15, 0.2) is 0 Å². The molecule has 0 radical (unpaired) electrons. The molecule has 0 spiro atoms. The summed E-state index contributed by atoms with van der Waals surface area (Å²) in [5.41, 5.74) is 1.18. The van der Waals surface area contributed by atoms with Gasteiger partial charge in [0.25, 0.3) is 0 Å². The standard InChI is InChI=1S/C7H4I2N2S/c8-6-1-3-10-11(6)5-2-4-12-7(5)9/h1-4H. The van der Waals surface area contributed by atoms with Crippen LogP contribution < -0.4 is 0 Å². The lowest BCUT2D eigenvalue weighted by atomic mass is 10.5. The molecule has 0 saturated carbocycles. The van der Waals surface area contributed by atoms with Gasteiger partial charge in [-0.05, 0) is 62.7 Å². The third-order valence-electron chi connectivity index (χ3n) is 1.42. The van der Waals surface area contributed by atoms with Crippen molar-refractivity contribution < 1.29 is 0 Å². The normalized spacial score (nSPS) is 10.5. The molecule has 0 atom stereocenters. The summed E-state index contributed by atoms with van der Waals surface area (Å²) >= 11 is 6.34. The molecule has 0 amide bonds. The molecule has 0 saturated heterocycles. The summed E-state index contributed by atoms with van der Waals surface area (Å²) in [6.07, 6.45) is 1.82. The molecule has 2 nitrogen and oxygen atoms in total. The number of halogens is 2. The monoisotopic (exact) mass is 402 g/mol. The van der Waals surface area contributed by atoms with Crippen molar-refractivity contribution in [2.45, 2.75) is 0 Å². The Balaban J connectivity index is 2.57. The zero-order valence-electron chi connectivity index (χ0n) is 5.87. The summed E-state index contributed by atoms with van der Waals surface area (Å²) < 4.78 is 4.36. The van der Waals surface area contributed by atoms with Crippen LogP contribution in [0, 0.1) is 6.58 Å². The smallest absolute Gasteiger partial charge is 0.105 e. The van der Waals surface area contributed by atoms with Gasteiger partial charge in [-0.3, -0.25) is 0 Å². The van der Waals surface area contributed by atoms with E-state index < -0.39 is 0 Å². The Morgan fingerprint density at radius 2 is 2.17 bits per heavy atom. The van der Waals surface area contributed by atoms with Crippen LogP contribution in [-0.4, -0.2) is 9.78 Å². The highest BCUT2D eigenvalue weighted by molar-refractivity contribution is 14.1. The summed E-state index contributed by atoms with van der Waals surface area (Å²) in [5, 5.41) is 6.31. The number of thiophene rings is 1. The first-order valence-corrected chi connectivity index (χ1v) is 6.25. The number of hydrogen-bond acceptors (Lipinski definition) is 2. The molecule has 0 unspecified atom stereocenters. The average molecular weight is 402 g/mol. The van der Waals surface area contributed by atoms with Gasteiger partial charge in [0.05, 0.1) is 14.8 Å². The van der Waals surface area contributed by atoms with E-state index >= 15 is 0 Å². The van der Waals surface area contributed by atoms with E-state index in [0.717, 1.165) is 3.70 Å². The quantitative estimate of drug-likeness (QED) is 0.671. The fourth-order valence-electron chi connectivity index (χ4n) is 0.902. The molecular formula is C7H4I2N2S. The molecule has 5 heteroatoms. The molecule has 0 bridgehead atoms. The van der Waals surface area contributed by atoms with E-state index in [1.165, 1.54) is 8.57 Å². The minimum atomic E-state index is 1.14. The maximum absolute atomic E-state index is 4.23. The van der Waals surface area contributed by atoms with Gasteiger partial charge in [0.1, 0.15) is 3.70 Å². The lowest BCUT2D eigenvalue weighted by Crippen LogP contribution is -1.97. The van der Waals surface area contributed by atoms with Crippen LogP contribution in [0.5, 0.6) is 0 Å². The Morgan fingerprint density at radius 1 is 1.33 bits per heavy atom. The number of rotatable bonds is 1. The van der Waals surface area contributed by atoms with Gasteiger partial charge in [0, 0.05) is 0 Å². The van der Waals surface area contributed by atoms with Crippen molar-refractivity contribution in [2.75, 3.05) is 0 Å². The van der Waals surface area contributed by atoms with E-state index in [2.05, 4.69) is 61.7 Å². The molecule has 2 aromatic heterocycles. The zero-order chi connectivity index (χ0) is 8.55. The summed E-state index contributed by atoms with van der Waals surface area (Å²) in [5.74, 6) is 0. The number of hydrogen-bond donors (Lipinski definition) is 0. The van der Waals surface area contributed by atoms with Crippen LogP contribution >= 0.6 is 56.5 Å². The second-order valence-corrected chi connectivity index (χ2v) is 5.98. The van der Waals surface area contributed by atoms with Crippen molar-refractivity contribution in [3.8, 4) is 5.69 Å². The van der Waals surface area contributed by atoms with Crippen molar-refractivity contribution in [1.82, 2.24) is 9.78 Å². The van der Waals surface area contributed by atoms with Crippen molar-refractivity contribution in [3.63, 3.8) is 0 Å². The fourth-order valence-corrected chi connectivity index (χ4v) is 2.89. The molecule has 2 rings (SSSR count). The minimum Gasteiger partial charge on any atom is -0.226 e. The average Bonchev–Trinajstić information content (AvgIpc) is 2.59. The fraction of sp³-hybridized carbons (Fsp3) is 0. The first kappa shape index (κ1) is 8.95. The molecule has 0 aliphatic rings. The predicted octanol–water partition coefficient (Wildman–Crippen LogP) is 3.14. The molecule has 0 aliphatic carbocycles. The second-order valence-electron chi connectivity index (χ2n) is 2.15. The van der Waals surface area contributed by atoms with E-state index in [0.29, 0.717) is 0 Å². The molecule has 2 heterocycles. The number of nitrogens with zero attached hydrogens (tertiary/aromatic N) is 2. The Bertz CT molecular complexity index is 355. The van der Waals surface area contributed by atoms with Gasteiger partial charge in [0.2, 0.25) is 0 Å². The topological polar surface area (TPSA) is 17.8 Å². The Morgan fingerprint density at radius 3 is 2.67 bits per heavy atom. The highest BCUT2D eigenvalue weighted by Gasteiger charge is 2.06. The third-order valence-corrected chi connectivity index (χ3v) is 4.24. The Hall–Kier alpha value is 0.370. The van der Waals surface area contributed by atoms with E-state index in [1.807, 2.05) is 16.9 Å². The van der Waals surface area contributed by atoms with Crippen LogP contribution in [0.2, 0.25) is 0 Å². The minimum absolute atomic E-state index is 1.14. The van der Waals surface area contributed by atoms with E-state index in [1.54, 1.807) is 11.3 Å². The van der Waals surface area contributed by atoms with Gasteiger partial charge in [-0.15, -0.1) is 11.3 Å². The van der Waals surface area contributed by atoms with Crippen LogP contribution in [0.1, 0.15) is 0 Å². The highest BCUT2D eigenvalue weighted by atomic mass is 127. The van der Waals surface area contributed by atoms with E-state index in [9.17, 15) is 0 Å². The maximum atomic E-state index is 4.23. The van der Waals surface area contributed by atoms with Crippen molar-refractivity contribution in [2.24, 2.45) is 0 Å². The van der Waals surface area contributed by atoms with Gasteiger partial charge >= 0.3 is 0 Å². The van der Waals surface area contributed by atoms with E-state index in [-0.39, 0.29) is 0 Å². The molecular weight excluding hydrogens is 398 g/mol. The first-order valence-electron chi connectivity index (χ1n) is 3.22. The lowest BCUT2D eigenvalue weighted by Gasteiger charge is -1.99. The molecule has 0 aromatic carbocycles. The largest absolute Gasteiger partial charge is 0.226 e. The van der Waals surface area contributed by atoms with Crippen molar-refractivity contribution >= 4 is 56.5 Å². The molecule has 12 heavy (non-hydrogen) atoms. The molecule has 0 N–H and O–H groups in total. The molecule has 0 fully saturated rings. The van der Waals surface area contributed by atoms with Crippen molar-refractivity contribution in [3.05, 3.63) is 30.3 Å². The van der Waals surface area contributed by atoms with Gasteiger partial charge in [-0.2, -0.15) is 5.10 Å². The predicted molar refractivity (Wildman–Crippen MR) is 66.9 cm³/mol. The summed E-state index contributed by atoms with van der Waals surface area (Å²) in [7, 11) is 0. The van der Waals surface area contributed by atoms with Gasteiger partial charge in [-0.1, -0.05) is 0 Å². The van der Waals surface area contributed by atoms with Crippen LogP contribution in [0.15, 0.2) is 23.7 Å². The van der Waals surface area contributed by atoms with Crippen LogP contribution in [-0.2, 0) is 0 Å². The SMILES string of the molecule is Ic1sccc1-n1nccc1I. The van der Waals surface area contributed by atoms with Crippen LogP contribution in [0.25, 0.3) is 5.69 Å². The summed E-state index contributed by atoms with van der Waals surface area (Å²) in [6.45, 7) is 0. The van der Waals surface area contributed by atoms with Gasteiger partial charge in [-0.25, -0.2) is 4.68 Å². The van der Waals surface area contributed by atoms with Gasteiger partial charge < -0.3 is 0 Å². The third kappa shape index (κ3) is 1.53. The van der Waals surface area contributed by atoms with E-state index in [4.69, 9.17) is 0 Å². The van der Waals surface area contributed by atoms with Crippen LogP contribution in [0.3, 0.4) is 0 Å². The van der Waals surface area contributed by atoms with Crippen LogP contribution in [0.4, 0.5) is 0 Å². The van der Waals surface area contributed by atoms with Crippen molar-refractivity contribution in [1.29, 1.82) is 0 Å². The lowest BCUT2D eigenvalue weighted by molar-refractivity contribution is 0.859. The first-order chi connectivity index (χ1) is 5.79.